The average Bonchev–Trinajstić information content (AvgIpc) is 3.36. The van der Waals surface area contributed by atoms with Crippen LogP contribution >= 0.6 is 11.3 Å². The monoisotopic (exact) mass is 592 g/mol. The zero-order chi connectivity index (χ0) is 30.3. The number of aliphatic carboxylic acids is 1. The van der Waals surface area contributed by atoms with Crippen LogP contribution in [0.2, 0.25) is 0 Å². The van der Waals surface area contributed by atoms with Crippen molar-refractivity contribution in [2.45, 2.75) is 33.3 Å². The molecule has 0 aliphatic carbocycles. The van der Waals surface area contributed by atoms with Crippen LogP contribution in [0.3, 0.4) is 0 Å². The van der Waals surface area contributed by atoms with Crippen LogP contribution in [-0.2, 0) is 19.0 Å². The molecule has 1 atom stereocenters. The SMILES string of the molecule is CO/C(=C\c1c(F)cc(C(=O)Nc2nc(-c3cccc(C(CCOCC(C)(C)C)OC)c3F)cs2)cc1F)C(=O)O. The number of hydrogen-bond acceptors (Lipinski definition) is 7. The van der Waals surface area contributed by atoms with Gasteiger partial charge in [0.1, 0.15) is 17.5 Å². The predicted molar refractivity (Wildman–Crippen MR) is 149 cm³/mol. The highest BCUT2D eigenvalue weighted by Gasteiger charge is 2.22. The smallest absolute Gasteiger partial charge is 0.371 e. The molecule has 0 fully saturated rings. The van der Waals surface area contributed by atoms with Crippen LogP contribution < -0.4 is 5.32 Å². The van der Waals surface area contributed by atoms with E-state index in [0.717, 1.165) is 30.6 Å². The van der Waals surface area contributed by atoms with Gasteiger partial charge in [0.05, 0.1) is 25.5 Å². The van der Waals surface area contributed by atoms with Crippen molar-refractivity contribution < 1.29 is 42.1 Å². The molecule has 0 radical (unpaired) electrons. The number of rotatable bonds is 12. The lowest BCUT2D eigenvalue weighted by atomic mass is 9.98. The Labute approximate surface area is 239 Å². The Morgan fingerprint density at radius 1 is 1.15 bits per heavy atom. The zero-order valence-corrected chi connectivity index (χ0v) is 24.0. The summed E-state index contributed by atoms with van der Waals surface area (Å²) < 4.78 is 60.4. The maximum Gasteiger partial charge on any atom is 0.371 e. The molecule has 8 nitrogen and oxygen atoms in total. The minimum atomic E-state index is -1.52. The third kappa shape index (κ3) is 8.38. The van der Waals surface area contributed by atoms with Gasteiger partial charge in [-0.15, -0.1) is 11.3 Å². The summed E-state index contributed by atoms with van der Waals surface area (Å²) in [7, 11) is 2.54. The molecule has 1 aromatic heterocycles. The Hall–Kier alpha value is -3.74. The van der Waals surface area contributed by atoms with Crippen molar-refractivity contribution in [3.63, 3.8) is 0 Å². The number of carboxylic acids is 1. The minimum absolute atomic E-state index is 0.00465. The lowest BCUT2D eigenvalue weighted by Gasteiger charge is -2.21. The topological polar surface area (TPSA) is 107 Å². The third-order valence-electron chi connectivity index (χ3n) is 5.77. The Morgan fingerprint density at radius 3 is 2.41 bits per heavy atom. The van der Waals surface area contributed by atoms with Crippen molar-refractivity contribution in [3.05, 3.63) is 75.6 Å². The maximum atomic E-state index is 15.5. The van der Waals surface area contributed by atoms with Crippen molar-refractivity contribution in [1.82, 2.24) is 4.98 Å². The summed E-state index contributed by atoms with van der Waals surface area (Å²) in [6.45, 7) is 7.11. The molecule has 0 bridgehead atoms. The standard InChI is InChI=1S/C29H31F3N2O6S/c1-29(2,3)15-40-10-9-23(38-4)18-8-6-7-17(25(18)32)22-14-41-28(33-22)34-26(35)16-11-20(30)19(21(31)12-16)13-24(39-5)27(36)37/h6-8,11-14,23H,9-10,15H2,1-5H3,(H,36,37)(H,33,34,35)/b24-13-. The number of anilines is 1. The summed E-state index contributed by atoms with van der Waals surface area (Å²) in [4.78, 5) is 28.0. The first kappa shape index (κ1) is 31.8. The van der Waals surface area contributed by atoms with E-state index < -0.39 is 46.8 Å². The number of thiazole rings is 1. The molecule has 3 rings (SSSR count). The van der Waals surface area contributed by atoms with Crippen molar-refractivity contribution in [2.24, 2.45) is 5.41 Å². The Bertz CT molecular complexity index is 1410. The highest BCUT2D eigenvalue weighted by molar-refractivity contribution is 7.14. The normalized spacial score (nSPS) is 12.7. The molecule has 3 aromatic rings. The quantitative estimate of drug-likeness (QED) is 0.137. The van der Waals surface area contributed by atoms with Gasteiger partial charge in [0, 0.05) is 53.8 Å². The van der Waals surface area contributed by atoms with Gasteiger partial charge >= 0.3 is 5.97 Å². The predicted octanol–water partition coefficient (Wildman–Crippen LogP) is 6.69. The van der Waals surface area contributed by atoms with E-state index in [4.69, 9.17) is 14.6 Å². The van der Waals surface area contributed by atoms with Gasteiger partial charge in [-0.3, -0.25) is 10.1 Å². The molecule has 12 heteroatoms. The summed E-state index contributed by atoms with van der Waals surface area (Å²) in [6.07, 6.45) is 0.569. The molecule has 1 heterocycles. The number of carboxylic acid groups (broad SMARTS) is 1. The Morgan fingerprint density at radius 2 is 1.83 bits per heavy atom. The number of halogens is 3. The molecule has 0 saturated heterocycles. The summed E-state index contributed by atoms with van der Waals surface area (Å²) in [5.41, 5.74) is -0.261. The fraction of sp³-hybridized carbons (Fsp3) is 0.345. The largest absolute Gasteiger partial charge is 0.490 e. The lowest BCUT2D eigenvalue weighted by molar-refractivity contribution is -0.135. The Kier molecular flexibility index (Phi) is 10.7. The fourth-order valence-corrected chi connectivity index (χ4v) is 4.49. The van der Waals surface area contributed by atoms with Gasteiger partial charge in [0.25, 0.3) is 5.91 Å². The van der Waals surface area contributed by atoms with Crippen LogP contribution in [-0.4, -0.2) is 49.4 Å². The molecule has 0 spiro atoms. The number of carbonyl (C=O) groups is 2. The van der Waals surface area contributed by atoms with Gasteiger partial charge in [0.2, 0.25) is 5.76 Å². The number of nitrogens with zero attached hydrogens (tertiary/aromatic N) is 1. The van der Waals surface area contributed by atoms with Crippen LogP contribution in [0.15, 0.2) is 41.5 Å². The second-order valence-corrected chi connectivity index (χ2v) is 11.1. The second kappa shape index (κ2) is 13.7. The molecular formula is C29H31F3N2O6S. The van der Waals surface area contributed by atoms with E-state index in [9.17, 15) is 18.4 Å². The molecule has 0 aliphatic rings. The average molecular weight is 593 g/mol. The maximum absolute atomic E-state index is 15.5. The van der Waals surface area contributed by atoms with Gasteiger partial charge in [0.15, 0.2) is 5.13 Å². The van der Waals surface area contributed by atoms with E-state index in [2.05, 4.69) is 35.8 Å². The summed E-state index contributed by atoms with van der Waals surface area (Å²) >= 11 is 1.00. The van der Waals surface area contributed by atoms with Gasteiger partial charge < -0.3 is 19.3 Å². The second-order valence-electron chi connectivity index (χ2n) is 10.2. The number of benzene rings is 2. The van der Waals surface area contributed by atoms with Gasteiger partial charge in [-0.1, -0.05) is 32.9 Å². The fourth-order valence-electron chi connectivity index (χ4n) is 3.78. The zero-order valence-electron chi connectivity index (χ0n) is 23.2. The molecule has 220 valence electrons. The summed E-state index contributed by atoms with van der Waals surface area (Å²) in [6, 6.07) is 6.36. The number of methoxy groups -OCH3 is 2. The van der Waals surface area contributed by atoms with Gasteiger partial charge in [-0.2, -0.15) is 0 Å². The molecule has 1 amide bonds. The molecule has 0 aliphatic heterocycles. The van der Waals surface area contributed by atoms with Crippen LogP contribution in [0, 0.1) is 22.9 Å². The number of hydrogen-bond donors (Lipinski definition) is 2. The highest BCUT2D eigenvalue weighted by atomic mass is 32.1. The van der Waals surface area contributed by atoms with E-state index in [0.29, 0.717) is 31.3 Å². The van der Waals surface area contributed by atoms with E-state index in [-0.39, 0.29) is 27.4 Å². The van der Waals surface area contributed by atoms with Crippen molar-refractivity contribution in [3.8, 4) is 11.3 Å². The highest BCUT2D eigenvalue weighted by Crippen LogP contribution is 2.33. The molecular weight excluding hydrogens is 561 g/mol. The van der Waals surface area contributed by atoms with Crippen molar-refractivity contribution in [2.75, 3.05) is 32.8 Å². The van der Waals surface area contributed by atoms with E-state index in [1.807, 2.05) is 0 Å². The minimum Gasteiger partial charge on any atom is -0.490 e. The summed E-state index contributed by atoms with van der Waals surface area (Å²) in [5, 5.41) is 13.1. The van der Waals surface area contributed by atoms with Gasteiger partial charge in [-0.05, 0) is 23.6 Å². The van der Waals surface area contributed by atoms with Crippen LogP contribution in [0.25, 0.3) is 17.3 Å². The Balaban J connectivity index is 1.76. The first-order valence-corrected chi connectivity index (χ1v) is 13.4. The first-order chi connectivity index (χ1) is 19.3. The third-order valence-corrected chi connectivity index (χ3v) is 6.53. The number of nitrogens with one attached hydrogen (secondary N) is 1. The molecule has 41 heavy (non-hydrogen) atoms. The van der Waals surface area contributed by atoms with Crippen molar-refractivity contribution in [1.29, 1.82) is 0 Å². The van der Waals surface area contributed by atoms with Crippen LogP contribution in [0.1, 0.15) is 54.8 Å². The summed E-state index contributed by atoms with van der Waals surface area (Å²) in [5.74, 6) is -5.92. The number of carbonyl (C=O) groups excluding carboxylic acids is 1. The number of amides is 1. The molecule has 2 N–H and O–H groups in total. The van der Waals surface area contributed by atoms with Crippen molar-refractivity contribution >= 4 is 34.4 Å². The lowest BCUT2D eigenvalue weighted by Crippen LogP contribution is -2.16. The number of ether oxygens (including phenoxy) is 3. The van der Waals surface area contributed by atoms with Crippen LogP contribution in [0.4, 0.5) is 18.3 Å². The van der Waals surface area contributed by atoms with Crippen LogP contribution in [0.5, 0.6) is 0 Å². The molecule has 1 unspecified atom stereocenters. The van der Waals surface area contributed by atoms with E-state index in [1.165, 1.54) is 7.11 Å². The number of aromatic nitrogens is 1. The first-order valence-electron chi connectivity index (χ1n) is 12.5. The van der Waals surface area contributed by atoms with E-state index >= 15 is 4.39 Å². The molecule has 2 aromatic carbocycles. The van der Waals surface area contributed by atoms with Gasteiger partial charge in [-0.25, -0.2) is 22.9 Å². The molecule has 0 saturated carbocycles. The van der Waals surface area contributed by atoms with E-state index in [1.54, 1.807) is 23.6 Å².